The molecular weight excluding hydrogens is 366 g/mol. The minimum atomic E-state index is -0.489. The van der Waals surface area contributed by atoms with E-state index in [2.05, 4.69) is 26.7 Å². The van der Waals surface area contributed by atoms with E-state index in [0.29, 0.717) is 17.7 Å². The Kier molecular flexibility index (Phi) is 5.20. The summed E-state index contributed by atoms with van der Waals surface area (Å²) in [5, 5.41) is 16.7. The molecule has 0 bridgehead atoms. The Hall–Kier alpha value is -3.74. The number of benzene rings is 2. The van der Waals surface area contributed by atoms with Crippen molar-refractivity contribution in [3.63, 3.8) is 0 Å². The number of anilines is 1. The van der Waals surface area contributed by atoms with Crippen molar-refractivity contribution in [1.82, 2.24) is 20.0 Å². The third-order valence-electron chi connectivity index (χ3n) is 4.57. The molecular formula is C22H21N5O2. The van der Waals surface area contributed by atoms with E-state index in [9.17, 15) is 4.79 Å². The van der Waals surface area contributed by atoms with Crippen molar-refractivity contribution in [2.24, 2.45) is 7.05 Å². The molecule has 4 aromatic rings. The van der Waals surface area contributed by atoms with Crippen LogP contribution < -0.4 is 5.32 Å². The molecule has 0 unspecified atom stereocenters. The summed E-state index contributed by atoms with van der Waals surface area (Å²) in [6.45, 7) is 2.57. The first-order chi connectivity index (χ1) is 14.2. The number of esters is 1. The minimum Gasteiger partial charge on any atom is -0.461 e. The second-order valence-corrected chi connectivity index (χ2v) is 6.62. The molecule has 1 N–H and O–H groups in total. The lowest BCUT2D eigenvalue weighted by Gasteiger charge is -2.13. The quantitative estimate of drug-likeness (QED) is 0.507. The molecule has 0 aliphatic carbocycles. The maximum absolute atomic E-state index is 12.4. The van der Waals surface area contributed by atoms with Crippen LogP contribution >= 0.6 is 0 Å². The molecule has 0 aliphatic heterocycles. The van der Waals surface area contributed by atoms with Crippen molar-refractivity contribution < 1.29 is 9.53 Å². The summed E-state index contributed by atoms with van der Waals surface area (Å²) in [4.78, 5) is 12.4. The maximum Gasteiger partial charge on any atom is 0.361 e. The van der Waals surface area contributed by atoms with Crippen LogP contribution in [0.25, 0.3) is 22.0 Å². The monoisotopic (exact) mass is 387 g/mol. The molecule has 7 nitrogen and oxygen atoms in total. The standard InChI is InChI=1S/C22H21N5O2/c1-3-29-22(28)21-20(18-9-4-5-10-19(18)25-26-21)23-12-15-7-6-8-16(11-15)17-13-24-27(2)14-17/h4-11,13-14H,3,12H2,1-2H3,(H,23,25). The first-order valence-corrected chi connectivity index (χ1v) is 9.40. The number of carbonyl (C=O) groups excluding carboxylic acids is 1. The number of aromatic nitrogens is 4. The Labute approximate surface area is 168 Å². The summed E-state index contributed by atoms with van der Waals surface area (Å²) in [7, 11) is 1.90. The second kappa shape index (κ2) is 8.10. The summed E-state index contributed by atoms with van der Waals surface area (Å²) >= 11 is 0. The molecule has 0 atom stereocenters. The van der Waals surface area contributed by atoms with Crippen LogP contribution in [0.15, 0.2) is 60.9 Å². The molecule has 2 heterocycles. The molecule has 0 saturated carbocycles. The van der Waals surface area contributed by atoms with Crippen LogP contribution in [0, 0.1) is 0 Å². The highest BCUT2D eigenvalue weighted by Gasteiger charge is 2.18. The fraction of sp³-hybridized carbons (Fsp3) is 0.182. The number of aryl methyl sites for hydroxylation is 1. The zero-order valence-electron chi connectivity index (χ0n) is 16.3. The molecule has 7 heteroatoms. The van der Waals surface area contributed by atoms with Crippen molar-refractivity contribution in [2.75, 3.05) is 11.9 Å². The highest BCUT2D eigenvalue weighted by atomic mass is 16.5. The normalized spacial score (nSPS) is 10.8. The van der Waals surface area contributed by atoms with E-state index < -0.39 is 5.97 Å². The highest BCUT2D eigenvalue weighted by Crippen LogP contribution is 2.26. The molecule has 0 amide bonds. The van der Waals surface area contributed by atoms with Gasteiger partial charge in [-0.15, -0.1) is 10.2 Å². The van der Waals surface area contributed by atoms with Gasteiger partial charge in [-0.25, -0.2) is 4.79 Å². The lowest BCUT2D eigenvalue weighted by molar-refractivity contribution is 0.0519. The second-order valence-electron chi connectivity index (χ2n) is 6.62. The summed E-state index contributed by atoms with van der Waals surface area (Å²) in [5.74, 6) is -0.489. The lowest BCUT2D eigenvalue weighted by atomic mass is 10.1. The predicted molar refractivity (Wildman–Crippen MR) is 111 cm³/mol. The van der Waals surface area contributed by atoms with Crippen LogP contribution in [-0.2, 0) is 18.3 Å². The third kappa shape index (κ3) is 3.94. The first-order valence-electron chi connectivity index (χ1n) is 9.40. The zero-order chi connectivity index (χ0) is 20.2. The Morgan fingerprint density at radius 3 is 2.76 bits per heavy atom. The summed E-state index contributed by atoms with van der Waals surface area (Å²) in [5.41, 5.74) is 4.74. The van der Waals surface area contributed by atoms with E-state index in [-0.39, 0.29) is 12.3 Å². The van der Waals surface area contributed by atoms with Gasteiger partial charge in [0, 0.05) is 30.7 Å². The van der Waals surface area contributed by atoms with Crippen LogP contribution in [0.2, 0.25) is 0 Å². The number of fused-ring (bicyclic) bond motifs is 1. The maximum atomic E-state index is 12.4. The van der Waals surface area contributed by atoms with E-state index in [1.54, 1.807) is 11.6 Å². The third-order valence-corrected chi connectivity index (χ3v) is 4.57. The van der Waals surface area contributed by atoms with Gasteiger partial charge in [0.25, 0.3) is 0 Å². The van der Waals surface area contributed by atoms with Crippen molar-refractivity contribution >= 4 is 22.6 Å². The molecule has 2 aromatic heterocycles. The van der Waals surface area contributed by atoms with Gasteiger partial charge in [-0.3, -0.25) is 4.68 Å². The predicted octanol–water partition coefficient (Wildman–Crippen LogP) is 3.82. The summed E-state index contributed by atoms with van der Waals surface area (Å²) in [6, 6.07) is 15.8. The molecule has 0 aliphatic rings. The Morgan fingerprint density at radius 2 is 1.97 bits per heavy atom. The first kappa shape index (κ1) is 18.6. The largest absolute Gasteiger partial charge is 0.461 e. The molecule has 0 saturated heterocycles. The van der Waals surface area contributed by atoms with Gasteiger partial charge in [-0.2, -0.15) is 5.10 Å². The van der Waals surface area contributed by atoms with Crippen LogP contribution in [0.1, 0.15) is 23.0 Å². The van der Waals surface area contributed by atoms with Crippen LogP contribution in [0.5, 0.6) is 0 Å². The zero-order valence-corrected chi connectivity index (χ0v) is 16.3. The number of nitrogens with one attached hydrogen (secondary N) is 1. The molecule has 0 fully saturated rings. The highest BCUT2D eigenvalue weighted by molar-refractivity contribution is 6.03. The van der Waals surface area contributed by atoms with Gasteiger partial charge in [-0.05, 0) is 30.2 Å². The number of ether oxygens (including phenoxy) is 1. The molecule has 29 heavy (non-hydrogen) atoms. The van der Waals surface area contributed by atoms with Gasteiger partial charge in [-0.1, -0.05) is 36.4 Å². The van der Waals surface area contributed by atoms with Gasteiger partial charge in [0.15, 0.2) is 5.69 Å². The molecule has 0 radical (unpaired) electrons. The van der Waals surface area contributed by atoms with E-state index in [1.165, 1.54) is 0 Å². The Balaban J connectivity index is 1.66. The fourth-order valence-corrected chi connectivity index (χ4v) is 3.20. The van der Waals surface area contributed by atoms with Gasteiger partial charge >= 0.3 is 5.97 Å². The number of carbonyl (C=O) groups is 1. The van der Waals surface area contributed by atoms with Crippen molar-refractivity contribution in [3.05, 3.63) is 72.2 Å². The average molecular weight is 387 g/mol. The van der Waals surface area contributed by atoms with Gasteiger partial charge in [0.05, 0.1) is 24.0 Å². The smallest absolute Gasteiger partial charge is 0.361 e. The molecule has 4 rings (SSSR count). The number of hydrogen-bond acceptors (Lipinski definition) is 6. The minimum absolute atomic E-state index is 0.189. The van der Waals surface area contributed by atoms with E-state index in [4.69, 9.17) is 4.74 Å². The van der Waals surface area contributed by atoms with Gasteiger partial charge in [0.2, 0.25) is 0 Å². The van der Waals surface area contributed by atoms with Crippen molar-refractivity contribution in [3.8, 4) is 11.1 Å². The number of rotatable bonds is 6. The van der Waals surface area contributed by atoms with Crippen LogP contribution in [0.4, 0.5) is 5.69 Å². The lowest BCUT2D eigenvalue weighted by Crippen LogP contribution is -2.13. The molecule has 2 aromatic carbocycles. The topological polar surface area (TPSA) is 81.9 Å². The van der Waals surface area contributed by atoms with E-state index in [0.717, 1.165) is 22.1 Å². The molecule has 0 spiro atoms. The van der Waals surface area contributed by atoms with Crippen LogP contribution in [-0.4, -0.2) is 32.6 Å². The summed E-state index contributed by atoms with van der Waals surface area (Å²) in [6.07, 6.45) is 3.82. The number of hydrogen-bond donors (Lipinski definition) is 1. The average Bonchev–Trinajstić information content (AvgIpc) is 3.18. The van der Waals surface area contributed by atoms with Gasteiger partial charge < -0.3 is 10.1 Å². The van der Waals surface area contributed by atoms with E-state index >= 15 is 0 Å². The van der Waals surface area contributed by atoms with Crippen molar-refractivity contribution in [1.29, 1.82) is 0 Å². The SMILES string of the molecule is CCOC(=O)c1nnc2ccccc2c1NCc1cccc(-c2cnn(C)c2)c1. The Morgan fingerprint density at radius 1 is 1.10 bits per heavy atom. The number of nitrogens with zero attached hydrogens (tertiary/aromatic N) is 4. The van der Waals surface area contributed by atoms with Gasteiger partial charge in [0.1, 0.15) is 0 Å². The Bertz CT molecular complexity index is 1170. The van der Waals surface area contributed by atoms with E-state index in [1.807, 2.05) is 61.9 Å². The summed E-state index contributed by atoms with van der Waals surface area (Å²) < 4.78 is 6.94. The fourth-order valence-electron chi connectivity index (χ4n) is 3.20. The molecule has 146 valence electrons. The van der Waals surface area contributed by atoms with Crippen LogP contribution in [0.3, 0.4) is 0 Å². The van der Waals surface area contributed by atoms with Crippen molar-refractivity contribution in [2.45, 2.75) is 13.5 Å².